The van der Waals surface area contributed by atoms with E-state index in [4.69, 9.17) is 9.40 Å². The zero-order chi connectivity index (χ0) is 24.0. The highest BCUT2D eigenvalue weighted by Crippen LogP contribution is 2.24. The minimum Gasteiger partial charge on any atom is -0.408 e. The van der Waals surface area contributed by atoms with Gasteiger partial charge in [-0.3, -0.25) is 4.57 Å². The Bertz CT molecular complexity index is 1370. The van der Waals surface area contributed by atoms with Crippen LogP contribution in [-0.2, 0) is 17.1 Å². The fraction of sp³-hybridized carbons (Fsp3) is 0.500. The van der Waals surface area contributed by atoms with Crippen molar-refractivity contribution >= 4 is 32.9 Å². The molecule has 0 bridgehead atoms. The molecular formula is C22H29N7O4S. The summed E-state index contributed by atoms with van der Waals surface area (Å²) in [6.07, 6.45) is 0. The van der Waals surface area contributed by atoms with Gasteiger partial charge in [-0.05, 0) is 32.2 Å². The summed E-state index contributed by atoms with van der Waals surface area (Å²) in [5.74, 6) is 1.04. The van der Waals surface area contributed by atoms with Gasteiger partial charge in [0.05, 0.1) is 10.4 Å². The van der Waals surface area contributed by atoms with Gasteiger partial charge in [-0.25, -0.2) is 18.2 Å². The van der Waals surface area contributed by atoms with Crippen molar-refractivity contribution in [2.24, 2.45) is 7.05 Å². The molecule has 0 N–H and O–H groups in total. The Morgan fingerprint density at radius 2 is 1.56 bits per heavy atom. The Hall–Kier alpha value is -2.96. The predicted octanol–water partition coefficient (Wildman–Crippen LogP) is 0.493. The molecule has 0 aliphatic carbocycles. The van der Waals surface area contributed by atoms with Gasteiger partial charge < -0.3 is 19.1 Å². The second-order valence-corrected chi connectivity index (χ2v) is 10.8. The van der Waals surface area contributed by atoms with Gasteiger partial charge in [0.25, 0.3) is 0 Å². The lowest BCUT2D eigenvalue weighted by Gasteiger charge is -2.36. The summed E-state index contributed by atoms with van der Waals surface area (Å²) in [5, 5.41) is 0. The van der Waals surface area contributed by atoms with E-state index < -0.39 is 15.8 Å². The smallest absolute Gasteiger partial charge is 0.408 e. The summed E-state index contributed by atoms with van der Waals surface area (Å²) >= 11 is 0. The van der Waals surface area contributed by atoms with Crippen LogP contribution in [0.2, 0.25) is 0 Å². The van der Waals surface area contributed by atoms with Gasteiger partial charge in [-0.1, -0.05) is 0 Å². The van der Waals surface area contributed by atoms with E-state index in [1.807, 2.05) is 17.9 Å². The van der Waals surface area contributed by atoms with Crippen molar-refractivity contribution in [3.8, 4) is 0 Å². The largest absolute Gasteiger partial charge is 0.419 e. The average molecular weight is 488 g/mol. The van der Waals surface area contributed by atoms with Crippen LogP contribution in [0.4, 0.5) is 11.8 Å². The number of oxazole rings is 1. The Labute approximate surface area is 198 Å². The van der Waals surface area contributed by atoms with Crippen LogP contribution in [0.25, 0.3) is 11.1 Å². The molecule has 2 fully saturated rings. The van der Waals surface area contributed by atoms with Crippen LogP contribution in [0.1, 0.15) is 5.69 Å². The highest BCUT2D eigenvalue weighted by molar-refractivity contribution is 7.89. The third-order valence-corrected chi connectivity index (χ3v) is 8.47. The van der Waals surface area contributed by atoms with E-state index in [9.17, 15) is 13.2 Å². The lowest BCUT2D eigenvalue weighted by Crippen LogP contribution is -2.49. The number of hydrogen-bond acceptors (Lipinski definition) is 9. The van der Waals surface area contributed by atoms with Crippen LogP contribution in [0.5, 0.6) is 0 Å². The number of rotatable bonds is 4. The normalized spacial score (nSPS) is 18.7. The molecule has 4 heterocycles. The Balaban J connectivity index is 1.32. The molecule has 0 unspecified atom stereocenters. The second-order valence-electron chi connectivity index (χ2n) is 8.91. The molecule has 2 aliphatic rings. The number of hydrogen-bond donors (Lipinski definition) is 0. The van der Waals surface area contributed by atoms with Gasteiger partial charge in [0.1, 0.15) is 5.82 Å². The zero-order valence-corrected chi connectivity index (χ0v) is 20.5. The second kappa shape index (κ2) is 8.67. The fourth-order valence-corrected chi connectivity index (χ4v) is 5.86. The molecule has 2 aromatic heterocycles. The lowest BCUT2D eigenvalue weighted by molar-refractivity contribution is 0.312. The highest BCUT2D eigenvalue weighted by Gasteiger charge is 2.30. The van der Waals surface area contributed by atoms with Crippen molar-refractivity contribution < 1.29 is 12.8 Å². The minimum atomic E-state index is -3.71. The number of nitrogens with zero attached hydrogens (tertiary/aromatic N) is 7. The summed E-state index contributed by atoms with van der Waals surface area (Å²) in [4.78, 5) is 28.0. The zero-order valence-electron chi connectivity index (χ0n) is 19.6. The van der Waals surface area contributed by atoms with Crippen LogP contribution in [0.3, 0.4) is 0 Å². The molecule has 11 nitrogen and oxygen atoms in total. The monoisotopic (exact) mass is 487 g/mol. The molecule has 182 valence electrons. The first-order valence-corrected chi connectivity index (χ1v) is 12.8. The molecule has 2 saturated heterocycles. The van der Waals surface area contributed by atoms with E-state index in [0.717, 1.165) is 37.7 Å². The number of piperazine rings is 2. The number of anilines is 2. The van der Waals surface area contributed by atoms with Gasteiger partial charge >= 0.3 is 5.76 Å². The molecule has 0 saturated carbocycles. The first-order valence-electron chi connectivity index (χ1n) is 11.4. The van der Waals surface area contributed by atoms with Crippen LogP contribution < -0.4 is 15.6 Å². The van der Waals surface area contributed by atoms with Crippen molar-refractivity contribution in [2.75, 3.05) is 69.2 Å². The third-order valence-electron chi connectivity index (χ3n) is 6.58. The van der Waals surface area contributed by atoms with Crippen molar-refractivity contribution in [2.45, 2.75) is 11.8 Å². The standard InChI is InChI=1S/C22H29N7O4S/c1-16-14-20(27-8-6-25(2)7-9-27)24-21(23-16)28-10-12-29(13-11-28)34(31,32)17-4-5-19-18(15-17)26(3)22(30)33-19/h4-5,14-15H,6-13H2,1-3H3. The number of likely N-dealkylation sites (N-methyl/N-ethyl adjacent to an activating group) is 1. The van der Waals surface area contributed by atoms with E-state index in [-0.39, 0.29) is 4.90 Å². The Morgan fingerprint density at radius 1 is 0.882 bits per heavy atom. The van der Waals surface area contributed by atoms with Crippen molar-refractivity contribution in [1.29, 1.82) is 0 Å². The molecule has 0 radical (unpaired) electrons. The van der Waals surface area contributed by atoms with Crippen LogP contribution in [0, 0.1) is 6.92 Å². The molecule has 1 aromatic carbocycles. The molecule has 3 aromatic rings. The first-order chi connectivity index (χ1) is 16.2. The maximum atomic E-state index is 13.3. The van der Waals surface area contributed by atoms with Gasteiger partial charge in [-0.2, -0.15) is 9.29 Å². The van der Waals surface area contributed by atoms with Gasteiger partial charge in [0.2, 0.25) is 16.0 Å². The van der Waals surface area contributed by atoms with Gasteiger partial charge in [0, 0.05) is 71.2 Å². The maximum absolute atomic E-state index is 13.3. The van der Waals surface area contributed by atoms with E-state index in [2.05, 4.69) is 21.8 Å². The van der Waals surface area contributed by atoms with E-state index >= 15 is 0 Å². The maximum Gasteiger partial charge on any atom is 0.419 e. The molecule has 0 atom stereocenters. The Morgan fingerprint density at radius 3 is 2.26 bits per heavy atom. The van der Waals surface area contributed by atoms with Crippen molar-refractivity contribution in [3.05, 3.63) is 40.5 Å². The minimum absolute atomic E-state index is 0.147. The lowest BCUT2D eigenvalue weighted by atomic mass is 10.3. The molecule has 12 heteroatoms. The molecule has 5 rings (SSSR count). The van der Waals surface area contributed by atoms with Crippen LogP contribution >= 0.6 is 0 Å². The quantitative estimate of drug-likeness (QED) is 0.520. The van der Waals surface area contributed by atoms with E-state index in [1.54, 1.807) is 7.05 Å². The SMILES string of the molecule is Cc1cc(N2CCN(C)CC2)nc(N2CCN(S(=O)(=O)c3ccc4oc(=O)n(C)c4c3)CC2)n1. The number of benzene rings is 1. The van der Waals surface area contributed by atoms with Crippen molar-refractivity contribution in [1.82, 2.24) is 23.7 Å². The van der Waals surface area contributed by atoms with Crippen LogP contribution in [-0.4, -0.2) is 91.6 Å². The predicted molar refractivity (Wildman–Crippen MR) is 129 cm³/mol. The summed E-state index contributed by atoms with van der Waals surface area (Å²) in [7, 11) is -0.0313. The molecule has 0 amide bonds. The summed E-state index contributed by atoms with van der Waals surface area (Å²) < 4.78 is 34.5. The van der Waals surface area contributed by atoms with Gasteiger partial charge in [-0.15, -0.1) is 0 Å². The molecular weight excluding hydrogens is 458 g/mol. The summed E-state index contributed by atoms with van der Waals surface area (Å²) in [6, 6.07) is 6.52. The summed E-state index contributed by atoms with van der Waals surface area (Å²) in [5.41, 5.74) is 1.71. The van der Waals surface area contributed by atoms with E-state index in [0.29, 0.717) is 43.2 Å². The first kappa shape index (κ1) is 22.8. The average Bonchev–Trinajstić information content (AvgIpc) is 3.12. The third kappa shape index (κ3) is 4.17. The summed E-state index contributed by atoms with van der Waals surface area (Å²) in [6.45, 7) is 7.44. The molecule has 2 aliphatic heterocycles. The molecule has 34 heavy (non-hydrogen) atoms. The topological polar surface area (TPSA) is 108 Å². The molecule has 0 spiro atoms. The Kier molecular flexibility index (Phi) is 5.82. The number of aryl methyl sites for hydroxylation is 2. The van der Waals surface area contributed by atoms with E-state index in [1.165, 1.54) is 27.1 Å². The fourth-order valence-electron chi connectivity index (χ4n) is 4.42. The van der Waals surface area contributed by atoms with Gasteiger partial charge in [0.15, 0.2) is 5.58 Å². The van der Waals surface area contributed by atoms with Crippen molar-refractivity contribution in [3.63, 3.8) is 0 Å². The number of fused-ring (bicyclic) bond motifs is 1. The van der Waals surface area contributed by atoms with Crippen LogP contribution in [0.15, 0.2) is 38.4 Å². The number of aromatic nitrogens is 3. The highest BCUT2D eigenvalue weighted by atomic mass is 32.2. The number of sulfonamides is 1.